The molecule has 1 N–H and O–H groups in total. The van der Waals surface area contributed by atoms with Crippen LogP contribution in [0.4, 0.5) is 18.9 Å². The number of benzene rings is 1. The van der Waals surface area contributed by atoms with Gasteiger partial charge in [0.25, 0.3) is 11.8 Å². The van der Waals surface area contributed by atoms with Crippen molar-refractivity contribution < 1.29 is 22.4 Å². The van der Waals surface area contributed by atoms with Crippen LogP contribution >= 0.6 is 0 Å². The maximum absolute atomic E-state index is 14.7. The summed E-state index contributed by atoms with van der Waals surface area (Å²) in [5.74, 6) is -1.50. The molecule has 0 aliphatic carbocycles. The number of alkyl halides is 3. The number of carbonyl (C=O) groups excluding carboxylic acids is 1. The van der Waals surface area contributed by atoms with Crippen molar-refractivity contribution in [3.8, 4) is 11.5 Å². The molecule has 3 aromatic rings. The number of hydrogen-bond acceptors (Lipinski definition) is 6. The zero-order chi connectivity index (χ0) is 20.4. The number of nitrogens with one attached hydrogen (secondary N) is 1. The van der Waals surface area contributed by atoms with Crippen LogP contribution in [0.25, 0.3) is 11.5 Å². The number of amides is 1. The minimum Gasteiger partial charge on any atom is -0.415 e. The highest BCUT2D eigenvalue weighted by atomic mass is 19.3. The maximum Gasteiger partial charge on any atom is 0.314 e. The smallest absolute Gasteiger partial charge is 0.314 e. The number of aromatic nitrogens is 3. The van der Waals surface area contributed by atoms with E-state index in [0.717, 1.165) is 0 Å². The molecule has 4 rings (SSSR count). The molecule has 7 nitrogen and oxygen atoms in total. The van der Waals surface area contributed by atoms with E-state index in [2.05, 4.69) is 20.5 Å². The van der Waals surface area contributed by atoms with Crippen molar-refractivity contribution in [3.05, 3.63) is 60.2 Å². The number of rotatable bonds is 6. The van der Waals surface area contributed by atoms with Gasteiger partial charge in [0, 0.05) is 25.0 Å². The molecule has 0 radical (unpaired) electrons. The minimum absolute atomic E-state index is 0.0365. The van der Waals surface area contributed by atoms with E-state index in [1.54, 1.807) is 42.5 Å². The molecule has 0 bridgehead atoms. The van der Waals surface area contributed by atoms with Gasteiger partial charge < -0.3 is 14.6 Å². The van der Waals surface area contributed by atoms with Crippen LogP contribution in [0, 0.1) is 0 Å². The number of anilines is 1. The zero-order valence-corrected chi connectivity index (χ0v) is 15.1. The van der Waals surface area contributed by atoms with Gasteiger partial charge in [-0.05, 0) is 24.3 Å². The third kappa shape index (κ3) is 3.83. The summed E-state index contributed by atoms with van der Waals surface area (Å²) in [7, 11) is 0. The average molecular weight is 403 g/mol. The van der Waals surface area contributed by atoms with Gasteiger partial charge in [0.05, 0.1) is 17.8 Å². The summed E-state index contributed by atoms with van der Waals surface area (Å²) in [5.41, 5.74) is -0.567. The van der Waals surface area contributed by atoms with Gasteiger partial charge in [-0.3, -0.25) is 9.78 Å². The van der Waals surface area contributed by atoms with Crippen molar-refractivity contribution in [1.29, 1.82) is 0 Å². The third-order valence-electron chi connectivity index (χ3n) is 4.53. The van der Waals surface area contributed by atoms with E-state index in [-0.39, 0.29) is 25.5 Å². The van der Waals surface area contributed by atoms with E-state index in [1.807, 2.05) is 0 Å². The second kappa shape index (κ2) is 7.63. The fraction of sp³-hybridized carbons (Fsp3) is 0.263. The SMILES string of the molecule is O=C(N(Cc1ccc(-c2nnc(C(F)F)o2)cn1)c1ccccc1)C1(F)CNC1. The molecule has 1 saturated heterocycles. The van der Waals surface area contributed by atoms with Crippen molar-refractivity contribution >= 4 is 11.6 Å². The van der Waals surface area contributed by atoms with E-state index in [1.165, 1.54) is 11.1 Å². The highest BCUT2D eigenvalue weighted by Crippen LogP contribution is 2.27. The van der Waals surface area contributed by atoms with E-state index in [9.17, 15) is 18.0 Å². The van der Waals surface area contributed by atoms with Gasteiger partial charge >= 0.3 is 6.43 Å². The van der Waals surface area contributed by atoms with Crippen LogP contribution in [0.5, 0.6) is 0 Å². The molecular weight excluding hydrogens is 387 g/mol. The molecule has 0 saturated carbocycles. The molecule has 1 aliphatic heterocycles. The van der Waals surface area contributed by atoms with E-state index in [0.29, 0.717) is 16.9 Å². The first-order valence-corrected chi connectivity index (χ1v) is 8.80. The predicted octanol–water partition coefficient (Wildman–Crippen LogP) is 2.91. The third-order valence-corrected chi connectivity index (χ3v) is 4.53. The van der Waals surface area contributed by atoms with Crippen LogP contribution in [0.15, 0.2) is 53.1 Å². The summed E-state index contributed by atoms with van der Waals surface area (Å²) >= 11 is 0. The standard InChI is InChI=1S/C19H16F3N5O2/c20-15(21)17-26-25-16(29-17)12-6-7-13(24-8-12)9-27(14-4-2-1-3-5-14)18(28)19(22)10-23-11-19/h1-8,15,23H,9-11H2. The Labute approximate surface area is 163 Å². The lowest BCUT2D eigenvalue weighted by atomic mass is 9.97. The van der Waals surface area contributed by atoms with Gasteiger partial charge in [0.1, 0.15) is 0 Å². The molecule has 1 amide bonds. The van der Waals surface area contributed by atoms with Crippen molar-refractivity contribution in [2.24, 2.45) is 0 Å². The summed E-state index contributed by atoms with van der Waals surface area (Å²) in [6.07, 6.45) is -1.48. The Kier molecular flexibility index (Phi) is 5.01. The Morgan fingerprint density at radius 2 is 1.93 bits per heavy atom. The second-order valence-electron chi connectivity index (χ2n) is 6.58. The van der Waals surface area contributed by atoms with Crippen molar-refractivity contribution in [2.75, 3.05) is 18.0 Å². The number of hydrogen-bond donors (Lipinski definition) is 1. The van der Waals surface area contributed by atoms with Gasteiger partial charge in [-0.2, -0.15) is 8.78 Å². The number of para-hydroxylation sites is 1. The maximum atomic E-state index is 14.7. The van der Waals surface area contributed by atoms with Crippen molar-refractivity contribution in [3.63, 3.8) is 0 Å². The van der Waals surface area contributed by atoms with Gasteiger partial charge in [0.2, 0.25) is 11.6 Å². The van der Waals surface area contributed by atoms with Crippen LogP contribution in [0.1, 0.15) is 18.0 Å². The number of halogens is 3. The van der Waals surface area contributed by atoms with Crippen LogP contribution in [0.3, 0.4) is 0 Å². The summed E-state index contributed by atoms with van der Waals surface area (Å²) in [5, 5.41) is 9.61. The Morgan fingerprint density at radius 1 is 1.17 bits per heavy atom. The first-order chi connectivity index (χ1) is 14.0. The Morgan fingerprint density at radius 3 is 2.48 bits per heavy atom. The van der Waals surface area contributed by atoms with Crippen LogP contribution in [0.2, 0.25) is 0 Å². The van der Waals surface area contributed by atoms with Gasteiger partial charge in [-0.1, -0.05) is 18.2 Å². The lowest BCUT2D eigenvalue weighted by Crippen LogP contribution is -2.65. The van der Waals surface area contributed by atoms with Crippen molar-refractivity contribution in [1.82, 2.24) is 20.5 Å². The Bertz CT molecular complexity index is 991. The van der Waals surface area contributed by atoms with Gasteiger partial charge in [-0.25, -0.2) is 4.39 Å². The molecule has 29 heavy (non-hydrogen) atoms. The van der Waals surface area contributed by atoms with E-state index < -0.39 is 23.9 Å². The highest BCUT2D eigenvalue weighted by Gasteiger charge is 2.47. The van der Waals surface area contributed by atoms with Gasteiger partial charge in [0.15, 0.2) is 0 Å². The summed E-state index contributed by atoms with van der Waals surface area (Å²) < 4.78 is 44.8. The Balaban J connectivity index is 1.56. The molecule has 3 heterocycles. The zero-order valence-electron chi connectivity index (χ0n) is 15.1. The number of nitrogens with zero attached hydrogens (tertiary/aromatic N) is 4. The fourth-order valence-corrected chi connectivity index (χ4v) is 2.87. The highest BCUT2D eigenvalue weighted by molar-refractivity contribution is 6.00. The van der Waals surface area contributed by atoms with E-state index >= 15 is 0 Å². The molecule has 0 spiro atoms. The quantitative estimate of drug-likeness (QED) is 0.681. The summed E-state index contributed by atoms with van der Waals surface area (Å²) in [6.45, 7) is -0.0305. The molecule has 1 aromatic carbocycles. The molecule has 1 aliphatic rings. The lowest BCUT2D eigenvalue weighted by molar-refractivity contribution is -0.133. The predicted molar refractivity (Wildman–Crippen MR) is 96.8 cm³/mol. The topological polar surface area (TPSA) is 84.2 Å². The lowest BCUT2D eigenvalue weighted by Gasteiger charge is -2.37. The normalized spacial score (nSPS) is 15.2. The molecular formula is C19H16F3N5O2. The Hall–Kier alpha value is -3.27. The monoisotopic (exact) mass is 403 g/mol. The molecule has 150 valence electrons. The number of carbonyl (C=O) groups is 1. The minimum atomic E-state index is -2.86. The summed E-state index contributed by atoms with van der Waals surface area (Å²) in [6, 6.07) is 11.9. The first-order valence-electron chi connectivity index (χ1n) is 8.80. The van der Waals surface area contributed by atoms with Crippen LogP contribution in [-0.4, -0.2) is 39.8 Å². The second-order valence-corrected chi connectivity index (χ2v) is 6.58. The molecule has 0 atom stereocenters. The molecule has 0 unspecified atom stereocenters. The fourth-order valence-electron chi connectivity index (χ4n) is 2.87. The molecule has 1 fully saturated rings. The van der Waals surface area contributed by atoms with Gasteiger partial charge in [-0.15, -0.1) is 10.2 Å². The first kappa shape index (κ1) is 19.1. The van der Waals surface area contributed by atoms with E-state index in [4.69, 9.17) is 4.42 Å². The van der Waals surface area contributed by atoms with Crippen molar-refractivity contribution in [2.45, 2.75) is 18.6 Å². The number of pyridine rings is 1. The molecule has 2 aromatic heterocycles. The van der Waals surface area contributed by atoms with Crippen LogP contribution < -0.4 is 10.2 Å². The summed E-state index contributed by atoms with van der Waals surface area (Å²) in [4.78, 5) is 18.4. The molecule has 10 heteroatoms. The van der Waals surface area contributed by atoms with Crippen LogP contribution in [-0.2, 0) is 11.3 Å². The largest absolute Gasteiger partial charge is 0.415 e. The average Bonchev–Trinajstić information content (AvgIpc) is 3.21.